The van der Waals surface area contributed by atoms with Crippen molar-refractivity contribution in [3.05, 3.63) is 12.2 Å². The van der Waals surface area contributed by atoms with E-state index in [4.69, 9.17) is 9.47 Å². The fourth-order valence-electron chi connectivity index (χ4n) is 3.89. The molecule has 0 aliphatic carbocycles. The quantitative estimate of drug-likeness (QED) is 0.126. The summed E-state index contributed by atoms with van der Waals surface area (Å²) in [6.07, 6.45) is 16.4. The molecule has 6 nitrogen and oxygen atoms in total. The Labute approximate surface area is 191 Å². The van der Waals surface area contributed by atoms with E-state index in [1.807, 2.05) is 0 Å². The molecule has 1 heterocycles. The van der Waals surface area contributed by atoms with Crippen molar-refractivity contribution in [2.75, 3.05) is 13.2 Å². The predicted molar refractivity (Wildman–Crippen MR) is 127 cm³/mol. The highest BCUT2D eigenvalue weighted by Crippen LogP contribution is 2.22. The minimum atomic E-state index is -1.14. The van der Waals surface area contributed by atoms with Gasteiger partial charge < -0.3 is 24.8 Å². The van der Waals surface area contributed by atoms with Crippen molar-refractivity contribution in [3.8, 4) is 0 Å². The second-order valence-corrected chi connectivity index (χ2v) is 10.3. The molecule has 1 aliphatic rings. The lowest BCUT2D eigenvalue weighted by Gasteiger charge is -2.25. The number of rotatable bonds is 18. The van der Waals surface area contributed by atoms with Crippen LogP contribution in [0.4, 0.5) is 0 Å². The molecule has 182 valence electrons. The van der Waals surface area contributed by atoms with Crippen molar-refractivity contribution < 1.29 is 29.6 Å². The zero-order valence-electron chi connectivity index (χ0n) is 19.7. The van der Waals surface area contributed by atoms with E-state index < -0.39 is 31.0 Å². The molecule has 0 spiro atoms. The van der Waals surface area contributed by atoms with Gasteiger partial charge in [-0.2, -0.15) is 0 Å². The fraction of sp³-hybridized carbons (Fsp3) is 0.875. The number of allylic oxidation sites excluding steroid dienone is 2. The van der Waals surface area contributed by atoms with Crippen LogP contribution in [0.3, 0.4) is 0 Å². The Bertz CT molecular complexity index is 487. The van der Waals surface area contributed by atoms with E-state index in [1.165, 1.54) is 57.8 Å². The topological polar surface area (TPSA) is 96.2 Å². The molecule has 5 atom stereocenters. The number of hydrogen-bond donors (Lipinski definition) is 3. The number of carbonyl (C=O) groups excluding carboxylic acids is 1. The summed E-state index contributed by atoms with van der Waals surface area (Å²) in [5.41, 5.74) is -0.130. The fourth-order valence-corrected chi connectivity index (χ4v) is 4.43. The van der Waals surface area contributed by atoms with Crippen molar-refractivity contribution in [3.63, 3.8) is 0 Å². The Morgan fingerprint density at radius 1 is 1.03 bits per heavy atom. The lowest BCUT2D eigenvalue weighted by atomic mass is 10.1. The molecule has 0 amide bonds. The summed E-state index contributed by atoms with van der Waals surface area (Å²) >= 11 is 0. The maximum absolute atomic E-state index is 12.3. The van der Waals surface area contributed by atoms with Gasteiger partial charge in [0.2, 0.25) is 0 Å². The third-order valence-corrected chi connectivity index (χ3v) is 7.10. The molecule has 1 aliphatic heterocycles. The van der Waals surface area contributed by atoms with Crippen molar-refractivity contribution in [1.82, 2.24) is 0 Å². The number of unbranched alkanes of at least 4 members (excludes halogenated alkanes) is 10. The van der Waals surface area contributed by atoms with Crippen LogP contribution in [0.1, 0.15) is 90.4 Å². The minimum Gasteiger partial charge on any atom is -0.457 e. The number of aliphatic hydroxyl groups excluding tert-OH is 3. The molecule has 0 aromatic rings. The smallest absolute Gasteiger partial charge is 0.305 e. The molecule has 31 heavy (non-hydrogen) atoms. The summed E-state index contributed by atoms with van der Waals surface area (Å²) in [5.74, 6) is -0.333. The van der Waals surface area contributed by atoms with Crippen molar-refractivity contribution in [2.24, 2.45) is 0 Å². The van der Waals surface area contributed by atoms with Crippen molar-refractivity contribution >= 4 is 16.2 Å². The molecule has 1 fully saturated rings. The number of aliphatic hydroxyl groups is 3. The number of ether oxygens (including phenoxy) is 2. The lowest BCUT2D eigenvalue weighted by molar-refractivity contribution is -0.162. The predicted octanol–water partition coefficient (Wildman–Crippen LogP) is 2.81. The van der Waals surface area contributed by atoms with Crippen LogP contribution in [0, 0.1) is 0 Å². The zero-order valence-corrected chi connectivity index (χ0v) is 21.7. The van der Waals surface area contributed by atoms with E-state index in [0.29, 0.717) is 10.2 Å². The third-order valence-electron chi connectivity index (χ3n) is 6.06. The normalized spacial score (nSPS) is 23.4. The minimum absolute atomic E-state index is 0.0155. The Hall–Kier alpha value is -0.733. The first-order valence-electron chi connectivity index (χ1n) is 12.4. The van der Waals surface area contributed by atoms with Gasteiger partial charge in [0.05, 0.1) is 13.2 Å². The second-order valence-electron chi connectivity index (χ2n) is 8.93. The molecule has 0 radical (unpaired) electrons. The van der Waals surface area contributed by atoms with Crippen LogP contribution < -0.4 is 0 Å². The Morgan fingerprint density at radius 2 is 1.61 bits per heavy atom. The summed E-state index contributed by atoms with van der Waals surface area (Å²) in [6.45, 7) is 1.80. The SMILES string of the molecule is CCCCCCCC/C=C\CCCCCCC([SiH3])C(=O)O[C@H](CO)[C@H]1OC[C@H](O)[C@H]1O. The highest BCUT2D eigenvalue weighted by Gasteiger charge is 2.41. The molecular formula is C24H46O6Si. The molecule has 1 saturated heterocycles. The maximum atomic E-state index is 12.3. The van der Waals surface area contributed by atoms with Crippen LogP contribution >= 0.6 is 0 Å². The molecule has 7 heteroatoms. The van der Waals surface area contributed by atoms with Gasteiger partial charge in [0.1, 0.15) is 18.3 Å². The molecule has 3 N–H and O–H groups in total. The van der Waals surface area contributed by atoms with Crippen molar-refractivity contribution in [2.45, 2.75) is 120 Å². The van der Waals surface area contributed by atoms with Crippen LogP contribution in [0.5, 0.6) is 0 Å². The maximum Gasteiger partial charge on any atom is 0.305 e. The standard InChI is InChI=1S/C24H46O6Si/c1-2-3-4-5-6-7-8-9-10-11-12-13-14-15-16-21(31)24(28)30-20(17-25)23-22(27)19(26)18-29-23/h9-10,19-23,25-27H,2-8,11-18H2,1,31H3/b10-9-/t19-,20+,21?,22+,23+/m0/s1. The summed E-state index contributed by atoms with van der Waals surface area (Å²) < 4.78 is 10.6. The van der Waals surface area contributed by atoms with Crippen LogP contribution in [-0.2, 0) is 14.3 Å². The summed E-state index contributed by atoms with van der Waals surface area (Å²) in [4.78, 5) is 12.3. The zero-order chi connectivity index (χ0) is 22.9. The molecule has 1 unspecified atom stereocenters. The van der Waals surface area contributed by atoms with Crippen LogP contribution in [-0.4, -0.2) is 69.2 Å². The highest BCUT2D eigenvalue weighted by atomic mass is 28.1. The Kier molecular flexibility index (Phi) is 16.2. The van der Waals surface area contributed by atoms with Crippen LogP contribution in [0.15, 0.2) is 12.2 Å². The van der Waals surface area contributed by atoms with E-state index >= 15 is 0 Å². The molecule has 0 aromatic heterocycles. The van der Waals surface area contributed by atoms with Crippen LogP contribution in [0.25, 0.3) is 0 Å². The third kappa shape index (κ3) is 12.2. The second kappa shape index (κ2) is 17.8. The molecule has 0 aromatic carbocycles. The summed E-state index contributed by atoms with van der Waals surface area (Å²) in [7, 11) is 0.687. The summed E-state index contributed by atoms with van der Waals surface area (Å²) in [5, 5.41) is 28.9. The molecule has 0 bridgehead atoms. The van der Waals surface area contributed by atoms with Gasteiger partial charge in [-0.05, 0) is 32.1 Å². The van der Waals surface area contributed by atoms with Gasteiger partial charge in [-0.25, -0.2) is 0 Å². The first-order chi connectivity index (χ1) is 15.0. The number of hydrogen-bond acceptors (Lipinski definition) is 6. The lowest BCUT2D eigenvalue weighted by Crippen LogP contribution is -2.43. The van der Waals surface area contributed by atoms with Crippen LogP contribution in [0.2, 0.25) is 5.54 Å². The van der Waals surface area contributed by atoms with E-state index in [1.54, 1.807) is 0 Å². The Balaban J connectivity index is 2.04. The monoisotopic (exact) mass is 458 g/mol. The van der Waals surface area contributed by atoms with Gasteiger partial charge in [0.25, 0.3) is 0 Å². The first-order valence-corrected chi connectivity index (χ1v) is 13.6. The average Bonchev–Trinajstić information content (AvgIpc) is 3.10. The highest BCUT2D eigenvalue weighted by molar-refractivity contribution is 6.22. The van der Waals surface area contributed by atoms with Gasteiger partial charge in [-0.3, -0.25) is 4.79 Å². The van der Waals surface area contributed by atoms with Gasteiger partial charge >= 0.3 is 5.97 Å². The van der Waals surface area contributed by atoms with Crippen molar-refractivity contribution in [1.29, 1.82) is 0 Å². The Morgan fingerprint density at radius 3 is 2.16 bits per heavy atom. The first kappa shape index (κ1) is 28.3. The van der Waals surface area contributed by atoms with Gasteiger partial charge in [-0.1, -0.05) is 70.4 Å². The number of esters is 1. The van der Waals surface area contributed by atoms with E-state index in [-0.39, 0.29) is 18.1 Å². The van der Waals surface area contributed by atoms with Gasteiger partial charge in [0.15, 0.2) is 6.10 Å². The van der Waals surface area contributed by atoms with E-state index in [2.05, 4.69) is 19.1 Å². The van der Waals surface area contributed by atoms with Gasteiger partial charge in [-0.15, -0.1) is 0 Å². The summed E-state index contributed by atoms with van der Waals surface area (Å²) in [6, 6.07) is 0. The molecule has 0 saturated carbocycles. The van der Waals surface area contributed by atoms with E-state index in [9.17, 15) is 20.1 Å². The van der Waals surface area contributed by atoms with E-state index in [0.717, 1.165) is 25.7 Å². The average molecular weight is 459 g/mol. The largest absolute Gasteiger partial charge is 0.457 e. The number of carbonyl (C=O) groups is 1. The molecular weight excluding hydrogens is 412 g/mol. The van der Waals surface area contributed by atoms with Gasteiger partial charge in [0, 0.05) is 15.8 Å². The molecule has 1 rings (SSSR count).